The summed E-state index contributed by atoms with van der Waals surface area (Å²) >= 11 is 0. The Bertz CT molecular complexity index is 1020. The van der Waals surface area contributed by atoms with Crippen LogP contribution in [0, 0.1) is 11.6 Å². The maximum Gasteiger partial charge on any atom is 0.231 e. The second-order valence-electron chi connectivity index (χ2n) is 7.56. The number of fused-ring (bicyclic) bond motifs is 1. The van der Waals surface area contributed by atoms with E-state index in [-0.39, 0.29) is 18.3 Å². The number of H-pyrrole nitrogens is 1. The molecular weight excluding hydrogens is 376 g/mol. The highest BCUT2D eigenvalue weighted by molar-refractivity contribution is 5.67. The van der Waals surface area contributed by atoms with Crippen LogP contribution in [0.25, 0.3) is 11.1 Å². The average molecular weight is 397 g/mol. The van der Waals surface area contributed by atoms with Crippen molar-refractivity contribution in [2.24, 2.45) is 0 Å². The van der Waals surface area contributed by atoms with Crippen LogP contribution in [0.2, 0.25) is 0 Å². The highest BCUT2D eigenvalue weighted by Crippen LogP contribution is 2.36. The Labute approximate surface area is 167 Å². The van der Waals surface area contributed by atoms with E-state index in [2.05, 4.69) is 15.1 Å². The SMILES string of the molecule is Fc1cccc(F)c1-c1cn[nH]c1[C@H]1CCCN(Cc2ccc3c(c2)OCO3)C1. The van der Waals surface area contributed by atoms with Crippen molar-refractivity contribution in [1.29, 1.82) is 0 Å². The van der Waals surface area contributed by atoms with Gasteiger partial charge in [0.25, 0.3) is 0 Å². The molecule has 0 spiro atoms. The molecule has 2 aliphatic rings. The van der Waals surface area contributed by atoms with Crippen LogP contribution in [-0.4, -0.2) is 35.0 Å². The molecule has 0 amide bonds. The van der Waals surface area contributed by atoms with Gasteiger partial charge in [-0.05, 0) is 49.2 Å². The second-order valence-corrected chi connectivity index (χ2v) is 7.56. The lowest BCUT2D eigenvalue weighted by atomic mass is 9.90. The lowest BCUT2D eigenvalue weighted by Gasteiger charge is -2.32. The molecule has 2 aliphatic heterocycles. The summed E-state index contributed by atoms with van der Waals surface area (Å²) < 4.78 is 39.5. The molecule has 2 aromatic carbocycles. The largest absolute Gasteiger partial charge is 0.454 e. The zero-order valence-electron chi connectivity index (χ0n) is 15.8. The first kappa shape index (κ1) is 18.1. The molecule has 0 saturated carbocycles. The Balaban J connectivity index is 1.36. The van der Waals surface area contributed by atoms with Gasteiger partial charge in [0.05, 0.1) is 11.8 Å². The van der Waals surface area contributed by atoms with Gasteiger partial charge in [-0.3, -0.25) is 10.00 Å². The molecule has 29 heavy (non-hydrogen) atoms. The van der Waals surface area contributed by atoms with Gasteiger partial charge in [-0.1, -0.05) is 12.1 Å². The number of aromatic amines is 1. The van der Waals surface area contributed by atoms with E-state index in [0.717, 1.165) is 55.2 Å². The number of likely N-dealkylation sites (tertiary alicyclic amines) is 1. The number of rotatable bonds is 4. The molecule has 1 saturated heterocycles. The first-order valence-electron chi connectivity index (χ1n) is 9.77. The van der Waals surface area contributed by atoms with Gasteiger partial charge in [-0.25, -0.2) is 8.78 Å². The molecule has 3 heterocycles. The number of hydrogen-bond donors (Lipinski definition) is 1. The minimum Gasteiger partial charge on any atom is -0.454 e. The molecule has 0 aliphatic carbocycles. The molecule has 5 nitrogen and oxygen atoms in total. The number of benzene rings is 2. The molecule has 5 rings (SSSR count). The van der Waals surface area contributed by atoms with Crippen LogP contribution in [0.5, 0.6) is 11.5 Å². The van der Waals surface area contributed by atoms with Crippen molar-refractivity contribution in [3.63, 3.8) is 0 Å². The Hall–Kier alpha value is -2.93. The van der Waals surface area contributed by atoms with Crippen molar-refractivity contribution in [3.8, 4) is 22.6 Å². The van der Waals surface area contributed by atoms with E-state index in [1.165, 1.54) is 24.4 Å². The van der Waals surface area contributed by atoms with Crippen LogP contribution in [0.15, 0.2) is 42.6 Å². The third-order valence-corrected chi connectivity index (χ3v) is 5.66. The van der Waals surface area contributed by atoms with Gasteiger partial charge < -0.3 is 9.47 Å². The summed E-state index contributed by atoms with van der Waals surface area (Å²) in [4.78, 5) is 2.36. The first-order valence-corrected chi connectivity index (χ1v) is 9.77. The maximum absolute atomic E-state index is 14.3. The second kappa shape index (κ2) is 7.48. The Morgan fingerprint density at radius 2 is 1.93 bits per heavy atom. The van der Waals surface area contributed by atoms with Gasteiger partial charge in [-0.15, -0.1) is 0 Å². The number of halogens is 2. The molecule has 1 aromatic heterocycles. The summed E-state index contributed by atoms with van der Waals surface area (Å²) in [7, 11) is 0. The fourth-order valence-electron chi connectivity index (χ4n) is 4.29. The van der Waals surface area contributed by atoms with Gasteiger partial charge in [0.15, 0.2) is 11.5 Å². The van der Waals surface area contributed by atoms with E-state index in [9.17, 15) is 8.78 Å². The van der Waals surface area contributed by atoms with Gasteiger partial charge >= 0.3 is 0 Å². The van der Waals surface area contributed by atoms with Crippen molar-refractivity contribution in [1.82, 2.24) is 15.1 Å². The van der Waals surface area contributed by atoms with Crippen LogP contribution in [0.3, 0.4) is 0 Å². The standard InChI is InChI=1S/C22H21F2N3O2/c23-17-4-1-5-18(24)21(17)16-10-25-26-22(16)15-3-2-8-27(12-15)11-14-6-7-19-20(9-14)29-13-28-19/h1,4-7,9-10,15H,2-3,8,11-13H2,(H,25,26)/t15-/m0/s1. The normalized spacial score (nSPS) is 18.9. The van der Waals surface area contributed by atoms with Crippen LogP contribution in [-0.2, 0) is 6.54 Å². The predicted octanol–water partition coefficient (Wildman–Crippen LogP) is 4.46. The van der Waals surface area contributed by atoms with Crippen molar-refractivity contribution >= 4 is 0 Å². The molecule has 7 heteroatoms. The molecular formula is C22H21F2N3O2. The van der Waals surface area contributed by atoms with E-state index in [4.69, 9.17) is 9.47 Å². The summed E-state index contributed by atoms with van der Waals surface area (Å²) in [6.07, 6.45) is 3.48. The summed E-state index contributed by atoms with van der Waals surface area (Å²) in [5.41, 5.74) is 2.45. The van der Waals surface area contributed by atoms with E-state index in [0.29, 0.717) is 5.56 Å². The van der Waals surface area contributed by atoms with Crippen LogP contribution in [0.4, 0.5) is 8.78 Å². The number of ether oxygens (including phenoxy) is 2. The molecule has 1 atom stereocenters. The Morgan fingerprint density at radius 1 is 1.10 bits per heavy atom. The van der Waals surface area contributed by atoms with Crippen LogP contribution >= 0.6 is 0 Å². The Morgan fingerprint density at radius 3 is 2.79 bits per heavy atom. The van der Waals surface area contributed by atoms with Crippen molar-refractivity contribution in [2.45, 2.75) is 25.3 Å². The Kier molecular flexibility index (Phi) is 4.67. The summed E-state index contributed by atoms with van der Waals surface area (Å²) in [6.45, 7) is 2.81. The fraction of sp³-hybridized carbons (Fsp3) is 0.318. The summed E-state index contributed by atoms with van der Waals surface area (Å²) in [6, 6.07) is 9.94. The minimum absolute atomic E-state index is 0.0101. The highest BCUT2D eigenvalue weighted by atomic mass is 19.1. The number of piperidine rings is 1. The van der Waals surface area contributed by atoms with Gasteiger partial charge in [0, 0.05) is 30.3 Å². The number of nitrogens with one attached hydrogen (secondary N) is 1. The van der Waals surface area contributed by atoms with Gasteiger partial charge in [0.2, 0.25) is 6.79 Å². The quantitative estimate of drug-likeness (QED) is 0.706. The van der Waals surface area contributed by atoms with E-state index in [1.807, 2.05) is 18.2 Å². The third kappa shape index (κ3) is 3.46. The van der Waals surface area contributed by atoms with E-state index >= 15 is 0 Å². The van der Waals surface area contributed by atoms with Crippen molar-refractivity contribution in [3.05, 3.63) is 65.5 Å². The zero-order chi connectivity index (χ0) is 19.8. The maximum atomic E-state index is 14.3. The number of hydrogen-bond acceptors (Lipinski definition) is 4. The van der Waals surface area contributed by atoms with Crippen LogP contribution < -0.4 is 9.47 Å². The van der Waals surface area contributed by atoms with Crippen molar-refractivity contribution < 1.29 is 18.3 Å². The first-order chi connectivity index (χ1) is 14.2. The van der Waals surface area contributed by atoms with E-state index in [1.54, 1.807) is 0 Å². The molecule has 0 unspecified atom stereocenters. The van der Waals surface area contributed by atoms with Gasteiger partial charge in [0.1, 0.15) is 11.6 Å². The molecule has 1 fully saturated rings. The molecule has 1 N–H and O–H groups in total. The lowest BCUT2D eigenvalue weighted by Crippen LogP contribution is -2.34. The van der Waals surface area contributed by atoms with Gasteiger partial charge in [-0.2, -0.15) is 5.10 Å². The van der Waals surface area contributed by atoms with E-state index < -0.39 is 11.6 Å². The average Bonchev–Trinajstić information content (AvgIpc) is 3.37. The molecule has 0 bridgehead atoms. The number of aromatic nitrogens is 2. The van der Waals surface area contributed by atoms with Crippen molar-refractivity contribution in [2.75, 3.05) is 19.9 Å². The summed E-state index contributed by atoms with van der Waals surface area (Å²) in [5, 5.41) is 7.10. The summed E-state index contributed by atoms with van der Waals surface area (Å²) in [5.74, 6) is 0.553. The monoisotopic (exact) mass is 397 g/mol. The minimum atomic E-state index is -0.569. The smallest absolute Gasteiger partial charge is 0.231 e. The molecule has 0 radical (unpaired) electrons. The predicted molar refractivity (Wildman–Crippen MR) is 104 cm³/mol. The van der Waals surface area contributed by atoms with Crippen LogP contribution in [0.1, 0.15) is 30.0 Å². The zero-order valence-corrected chi connectivity index (χ0v) is 15.8. The topological polar surface area (TPSA) is 50.4 Å². The highest BCUT2D eigenvalue weighted by Gasteiger charge is 2.27. The third-order valence-electron chi connectivity index (χ3n) is 5.66. The number of nitrogens with zero attached hydrogens (tertiary/aromatic N) is 2. The molecule has 3 aromatic rings. The molecule has 150 valence electrons. The fourth-order valence-corrected chi connectivity index (χ4v) is 4.29. The lowest BCUT2D eigenvalue weighted by molar-refractivity contribution is 0.173.